The lowest BCUT2D eigenvalue weighted by atomic mass is 10.1. The van der Waals surface area contributed by atoms with Crippen molar-refractivity contribution >= 4 is 33.6 Å². The first-order chi connectivity index (χ1) is 14.7. The van der Waals surface area contributed by atoms with Crippen LogP contribution in [-0.2, 0) is 12.8 Å². The van der Waals surface area contributed by atoms with E-state index in [1.807, 2.05) is 48.5 Å². The number of aryl methyl sites for hydroxylation is 2. The van der Waals surface area contributed by atoms with Gasteiger partial charge in [-0.2, -0.15) is 19.6 Å². The molecule has 4 bridgehead atoms. The van der Waals surface area contributed by atoms with Gasteiger partial charge in [-0.1, -0.05) is 36.4 Å². The van der Waals surface area contributed by atoms with Crippen LogP contribution in [0.3, 0.4) is 0 Å². The van der Waals surface area contributed by atoms with Gasteiger partial charge in [0.15, 0.2) is 0 Å². The molecule has 0 amide bonds. The summed E-state index contributed by atoms with van der Waals surface area (Å²) in [4.78, 5) is 25.7. The Labute approximate surface area is 174 Å². The Morgan fingerprint density at radius 2 is 0.967 bits per heavy atom. The summed E-state index contributed by atoms with van der Waals surface area (Å²) in [6.45, 7) is 0. The number of para-hydroxylation sites is 2. The zero-order valence-electron chi connectivity index (χ0n) is 16.9. The Kier molecular flexibility index (Phi) is 4.91. The second-order valence-electron chi connectivity index (χ2n) is 7.95. The third-order valence-corrected chi connectivity index (χ3v) is 5.91. The zero-order valence-corrected chi connectivity index (χ0v) is 16.9. The molecule has 0 atom stereocenters. The van der Waals surface area contributed by atoms with Crippen LogP contribution in [0.25, 0.3) is 21.8 Å². The van der Waals surface area contributed by atoms with Gasteiger partial charge in [0, 0.05) is 23.6 Å². The van der Waals surface area contributed by atoms with Crippen LogP contribution in [0.2, 0.25) is 0 Å². The van der Waals surface area contributed by atoms with E-state index >= 15 is 0 Å². The molecule has 0 saturated carbocycles. The van der Waals surface area contributed by atoms with Gasteiger partial charge in [0.05, 0.1) is 22.4 Å². The van der Waals surface area contributed by atoms with E-state index in [-0.39, 0.29) is 11.8 Å². The van der Waals surface area contributed by atoms with Crippen LogP contribution < -0.4 is 0 Å². The Bertz CT molecular complexity index is 1150. The highest BCUT2D eigenvalue weighted by Crippen LogP contribution is 2.24. The van der Waals surface area contributed by atoms with Crippen molar-refractivity contribution in [3.8, 4) is 0 Å². The first kappa shape index (κ1) is 18.7. The van der Waals surface area contributed by atoms with Gasteiger partial charge in [-0.25, -0.2) is 0 Å². The first-order valence-electron chi connectivity index (χ1n) is 10.7. The van der Waals surface area contributed by atoms with Crippen molar-refractivity contribution in [3.05, 3.63) is 59.9 Å². The minimum atomic E-state index is 0.0371. The number of fused-ring (bicyclic) bond motifs is 10. The van der Waals surface area contributed by atoms with Gasteiger partial charge in [-0.3, -0.25) is 9.59 Å². The van der Waals surface area contributed by atoms with Crippen LogP contribution >= 0.6 is 0 Å². The minimum absolute atomic E-state index is 0.0371. The molecule has 6 nitrogen and oxygen atoms in total. The normalized spacial score (nSPS) is 16.4. The number of hydrogen-bond acceptors (Lipinski definition) is 4. The number of benzene rings is 2. The fourth-order valence-electron chi connectivity index (χ4n) is 4.36. The summed E-state index contributed by atoms with van der Waals surface area (Å²) in [6, 6.07) is 15.8. The molecule has 2 aromatic carbocycles. The van der Waals surface area contributed by atoms with Crippen molar-refractivity contribution in [2.75, 3.05) is 0 Å². The molecule has 0 radical (unpaired) electrons. The molecule has 0 unspecified atom stereocenters. The Hall–Kier alpha value is -3.28. The molecular weight excluding hydrogens is 376 g/mol. The molecule has 0 saturated heterocycles. The summed E-state index contributed by atoms with van der Waals surface area (Å²) in [5.74, 6) is 0.0743. The second kappa shape index (κ2) is 7.86. The minimum Gasteiger partial charge on any atom is -0.273 e. The number of rotatable bonds is 0. The molecule has 0 spiro atoms. The first-order valence-corrected chi connectivity index (χ1v) is 10.7. The van der Waals surface area contributed by atoms with E-state index < -0.39 is 0 Å². The SMILES string of the molecule is O=C1CCCCc2nn(c3ccccc23)C(=O)CCCCc2nn1c1ccccc21. The highest BCUT2D eigenvalue weighted by molar-refractivity contribution is 5.93. The van der Waals surface area contributed by atoms with Crippen molar-refractivity contribution in [3.63, 3.8) is 0 Å². The summed E-state index contributed by atoms with van der Waals surface area (Å²) in [5.41, 5.74) is 3.62. The van der Waals surface area contributed by atoms with Crippen molar-refractivity contribution < 1.29 is 9.59 Å². The van der Waals surface area contributed by atoms with Crippen LogP contribution in [0.15, 0.2) is 48.5 Å². The van der Waals surface area contributed by atoms with Crippen LogP contribution in [0.5, 0.6) is 0 Å². The van der Waals surface area contributed by atoms with Crippen molar-refractivity contribution in [1.29, 1.82) is 0 Å². The highest BCUT2D eigenvalue weighted by atomic mass is 16.2. The highest BCUT2D eigenvalue weighted by Gasteiger charge is 2.18. The van der Waals surface area contributed by atoms with Gasteiger partial charge >= 0.3 is 0 Å². The monoisotopic (exact) mass is 400 g/mol. The van der Waals surface area contributed by atoms with Gasteiger partial charge in [0.2, 0.25) is 11.8 Å². The number of hydrogen-bond donors (Lipinski definition) is 0. The fraction of sp³-hybridized carbons (Fsp3) is 0.333. The Morgan fingerprint density at radius 3 is 1.43 bits per heavy atom. The number of carbonyl (C=O) groups is 2. The smallest absolute Gasteiger partial charge is 0.247 e. The lowest BCUT2D eigenvalue weighted by Gasteiger charge is -2.04. The molecule has 0 aliphatic carbocycles. The largest absolute Gasteiger partial charge is 0.273 e. The topological polar surface area (TPSA) is 69.8 Å². The average Bonchev–Trinajstić information content (AvgIpc) is 3.33. The maximum atomic E-state index is 12.9. The maximum Gasteiger partial charge on any atom is 0.247 e. The molecule has 1 aliphatic rings. The third-order valence-electron chi connectivity index (χ3n) is 5.91. The molecule has 2 aromatic heterocycles. The molecular formula is C24H24N4O2. The molecule has 5 rings (SSSR count). The standard InChI is InChI=1S/C24H24N4O2/c29-23-15-8-4-12-20-18-10-2-6-14-22(18)28(26-20)24(30)16-7-3-11-19-17-9-1-5-13-21(17)27(23)25-19/h1-2,5-6,9-10,13-14H,3-4,7-8,11-12,15-16H2. The molecule has 3 heterocycles. The predicted molar refractivity (Wildman–Crippen MR) is 116 cm³/mol. The lowest BCUT2D eigenvalue weighted by molar-refractivity contribution is 0.0883. The van der Waals surface area contributed by atoms with E-state index in [0.717, 1.165) is 71.7 Å². The second-order valence-corrected chi connectivity index (χ2v) is 7.95. The van der Waals surface area contributed by atoms with Gasteiger partial charge in [0.1, 0.15) is 0 Å². The molecule has 6 heteroatoms. The van der Waals surface area contributed by atoms with Crippen LogP contribution in [0.1, 0.15) is 59.5 Å². The van der Waals surface area contributed by atoms with E-state index in [1.165, 1.54) is 0 Å². The molecule has 0 N–H and O–H groups in total. The summed E-state index contributed by atoms with van der Waals surface area (Å²) in [6.07, 6.45) is 5.60. The lowest BCUT2D eigenvalue weighted by Crippen LogP contribution is -2.13. The summed E-state index contributed by atoms with van der Waals surface area (Å²) in [5, 5.41) is 11.3. The predicted octanol–water partition coefficient (Wildman–Crippen LogP) is 4.81. The van der Waals surface area contributed by atoms with Crippen LogP contribution in [-0.4, -0.2) is 31.4 Å². The van der Waals surface area contributed by atoms with Crippen molar-refractivity contribution in [1.82, 2.24) is 19.6 Å². The van der Waals surface area contributed by atoms with E-state index in [0.29, 0.717) is 12.8 Å². The average molecular weight is 400 g/mol. The van der Waals surface area contributed by atoms with Gasteiger partial charge < -0.3 is 0 Å². The molecule has 152 valence electrons. The van der Waals surface area contributed by atoms with Gasteiger partial charge in [0.25, 0.3) is 0 Å². The quantitative estimate of drug-likeness (QED) is 0.425. The summed E-state index contributed by atoms with van der Waals surface area (Å²) >= 11 is 0. The van der Waals surface area contributed by atoms with Crippen LogP contribution in [0.4, 0.5) is 0 Å². The fourth-order valence-corrected chi connectivity index (χ4v) is 4.36. The van der Waals surface area contributed by atoms with E-state index in [1.54, 1.807) is 9.36 Å². The van der Waals surface area contributed by atoms with E-state index in [9.17, 15) is 9.59 Å². The number of aromatic nitrogens is 4. The van der Waals surface area contributed by atoms with Gasteiger partial charge in [-0.05, 0) is 50.7 Å². The molecule has 30 heavy (non-hydrogen) atoms. The molecule has 4 aromatic rings. The van der Waals surface area contributed by atoms with Crippen molar-refractivity contribution in [2.45, 2.75) is 51.4 Å². The van der Waals surface area contributed by atoms with Crippen LogP contribution in [0, 0.1) is 0 Å². The summed E-state index contributed by atoms with van der Waals surface area (Å²) in [7, 11) is 0. The number of nitrogens with zero attached hydrogens (tertiary/aromatic N) is 4. The molecule has 0 fully saturated rings. The molecule has 1 aliphatic heterocycles. The third kappa shape index (κ3) is 3.32. The van der Waals surface area contributed by atoms with Gasteiger partial charge in [-0.15, -0.1) is 0 Å². The maximum absolute atomic E-state index is 12.9. The zero-order chi connectivity index (χ0) is 20.5. The van der Waals surface area contributed by atoms with E-state index in [2.05, 4.69) is 10.2 Å². The summed E-state index contributed by atoms with van der Waals surface area (Å²) < 4.78 is 3.15. The Morgan fingerprint density at radius 1 is 0.567 bits per heavy atom. The Balaban J connectivity index is 1.47. The van der Waals surface area contributed by atoms with E-state index in [4.69, 9.17) is 0 Å². The van der Waals surface area contributed by atoms with Crippen molar-refractivity contribution in [2.24, 2.45) is 0 Å². The number of carbonyl (C=O) groups excluding carboxylic acids is 2.